The molecule has 0 radical (unpaired) electrons. The monoisotopic (exact) mass is 196 g/mol. The molecule has 1 aromatic rings. The van der Waals surface area contributed by atoms with E-state index in [1.807, 2.05) is 0 Å². The molecule has 0 spiro atoms. The van der Waals surface area contributed by atoms with Gasteiger partial charge in [-0.05, 0) is 0 Å². The molecule has 0 aliphatic carbocycles. The van der Waals surface area contributed by atoms with E-state index in [0.717, 1.165) is 0 Å². The molecule has 0 fully saturated rings. The Morgan fingerprint density at radius 3 is 2.79 bits per heavy atom. The van der Waals surface area contributed by atoms with Gasteiger partial charge in [-0.25, -0.2) is 0 Å². The molecule has 0 saturated heterocycles. The molecule has 6 heteroatoms. The van der Waals surface area contributed by atoms with Gasteiger partial charge in [0.1, 0.15) is 0 Å². The molecule has 1 aromatic heterocycles. The lowest BCUT2D eigenvalue weighted by Gasteiger charge is -2.04. The molecule has 0 aromatic carbocycles. The van der Waals surface area contributed by atoms with Gasteiger partial charge in [0.05, 0.1) is 12.7 Å². The topological polar surface area (TPSA) is 87.7 Å². The van der Waals surface area contributed by atoms with Crippen LogP contribution in [0.5, 0.6) is 0 Å². The van der Waals surface area contributed by atoms with E-state index in [1.54, 1.807) is 13.8 Å². The van der Waals surface area contributed by atoms with Crippen LogP contribution in [0.3, 0.4) is 0 Å². The zero-order chi connectivity index (χ0) is 10.6. The number of hydrogen-bond donors (Lipinski definition) is 2. The lowest BCUT2D eigenvalue weighted by Crippen LogP contribution is -2.31. The molecule has 14 heavy (non-hydrogen) atoms. The summed E-state index contributed by atoms with van der Waals surface area (Å²) >= 11 is 0. The lowest BCUT2D eigenvalue weighted by atomic mass is 10.1. The number of aromatic nitrogens is 3. The molecule has 2 N–H and O–H groups in total. The molecule has 1 heterocycles. The van der Waals surface area contributed by atoms with E-state index in [0.29, 0.717) is 0 Å². The standard InChI is InChI=1S/C8H12N4O2/c1-5(2)7(13)4-9-8(14)6-3-10-12-11-6/h3,5H,4H2,1-2H3,(H,9,14)(H,10,11,12). The average molecular weight is 196 g/mol. The number of hydrogen-bond acceptors (Lipinski definition) is 4. The summed E-state index contributed by atoms with van der Waals surface area (Å²) in [4.78, 5) is 22.4. The number of ketones is 1. The largest absolute Gasteiger partial charge is 0.343 e. The number of Topliss-reactive ketones (excluding diaryl/α,β-unsaturated/α-hetero) is 1. The Kier molecular flexibility index (Phi) is 3.33. The highest BCUT2D eigenvalue weighted by molar-refractivity contribution is 5.95. The Morgan fingerprint density at radius 1 is 1.57 bits per heavy atom. The fourth-order valence-corrected chi connectivity index (χ4v) is 0.773. The van der Waals surface area contributed by atoms with E-state index in [-0.39, 0.29) is 23.9 Å². The molecule has 1 amide bonds. The molecular formula is C8H12N4O2. The van der Waals surface area contributed by atoms with Crippen LogP contribution in [0.15, 0.2) is 6.20 Å². The summed E-state index contributed by atoms with van der Waals surface area (Å²) in [6.45, 7) is 3.60. The van der Waals surface area contributed by atoms with Gasteiger partial charge in [0.2, 0.25) is 0 Å². The van der Waals surface area contributed by atoms with Crippen molar-refractivity contribution in [2.24, 2.45) is 5.92 Å². The predicted octanol–water partition coefficient (Wildman–Crippen LogP) is -0.240. The Morgan fingerprint density at radius 2 is 2.29 bits per heavy atom. The average Bonchev–Trinajstić information content (AvgIpc) is 2.66. The van der Waals surface area contributed by atoms with E-state index in [9.17, 15) is 9.59 Å². The Bertz CT molecular complexity index is 318. The van der Waals surface area contributed by atoms with Crippen molar-refractivity contribution in [2.75, 3.05) is 6.54 Å². The van der Waals surface area contributed by atoms with Crippen LogP contribution in [0.4, 0.5) is 0 Å². The summed E-state index contributed by atoms with van der Waals surface area (Å²) in [7, 11) is 0. The van der Waals surface area contributed by atoms with Crippen molar-refractivity contribution in [3.05, 3.63) is 11.9 Å². The maximum Gasteiger partial charge on any atom is 0.273 e. The van der Waals surface area contributed by atoms with E-state index in [4.69, 9.17) is 0 Å². The zero-order valence-corrected chi connectivity index (χ0v) is 8.07. The summed E-state index contributed by atoms with van der Waals surface area (Å²) in [6, 6.07) is 0. The highest BCUT2D eigenvalue weighted by atomic mass is 16.2. The first kappa shape index (κ1) is 10.4. The molecule has 0 atom stereocenters. The number of rotatable bonds is 4. The molecule has 6 nitrogen and oxygen atoms in total. The minimum atomic E-state index is -0.396. The number of nitrogens with zero attached hydrogens (tertiary/aromatic N) is 2. The van der Waals surface area contributed by atoms with Crippen LogP contribution in [0, 0.1) is 5.92 Å². The van der Waals surface area contributed by atoms with Crippen molar-refractivity contribution >= 4 is 11.7 Å². The second-order valence-corrected chi connectivity index (χ2v) is 3.16. The quantitative estimate of drug-likeness (QED) is 0.695. The zero-order valence-electron chi connectivity index (χ0n) is 8.07. The van der Waals surface area contributed by atoms with Crippen LogP contribution in [-0.2, 0) is 4.79 Å². The van der Waals surface area contributed by atoms with Gasteiger partial charge in [-0.15, -0.1) is 0 Å². The van der Waals surface area contributed by atoms with Crippen LogP contribution in [-0.4, -0.2) is 33.6 Å². The number of H-pyrrole nitrogens is 1. The fraction of sp³-hybridized carbons (Fsp3) is 0.500. The SMILES string of the molecule is CC(C)C(=O)CNC(=O)c1cn[nH]n1. The molecule has 0 aliphatic heterocycles. The van der Waals surface area contributed by atoms with Crippen molar-refractivity contribution in [1.29, 1.82) is 0 Å². The summed E-state index contributed by atoms with van der Waals surface area (Å²) in [6.07, 6.45) is 1.30. The van der Waals surface area contributed by atoms with Gasteiger partial charge in [0, 0.05) is 5.92 Å². The number of nitrogens with one attached hydrogen (secondary N) is 2. The first-order chi connectivity index (χ1) is 6.61. The van der Waals surface area contributed by atoms with Crippen molar-refractivity contribution in [2.45, 2.75) is 13.8 Å². The Hall–Kier alpha value is -1.72. The minimum absolute atomic E-state index is 0.0122. The maximum atomic E-state index is 11.2. The normalized spacial score (nSPS) is 10.2. The van der Waals surface area contributed by atoms with Crippen molar-refractivity contribution in [3.8, 4) is 0 Å². The van der Waals surface area contributed by atoms with Crippen molar-refractivity contribution in [1.82, 2.24) is 20.7 Å². The molecule has 0 aliphatic rings. The highest BCUT2D eigenvalue weighted by Gasteiger charge is 2.11. The number of carbonyl (C=O) groups excluding carboxylic acids is 2. The number of carbonyl (C=O) groups is 2. The molecule has 0 unspecified atom stereocenters. The van der Waals surface area contributed by atoms with Gasteiger partial charge in [0.15, 0.2) is 11.5 Å². The van der Waals surface area contributed by atoms with Crippen LogP contribution in [0.2, 0.25) is 0 Å². The van der Waals surface area contributed by atoms with Crippen molar-refractivity contribution in [3.63, 3.8) is 0 Å². The number of aromatic amines is 1. The van der Waals surface area contributed by atoms with Gasteiger partial charge in [-0.1, -0.05) is 13.8 Å². The summed E-state index contributed by atoms with van der Waals surface area (Å²) < 4.78 is 0. The second kappa shape index (κ2) is 4.50. The first-order valence-electron chi connectivity index (χ1n) is 4.28. The number of amides is 1. The Labute approximate surface area is 81.1 Å². The molecule has 0 bridgehead atoms. The van der Waals surface area contributed by atoms with Crippen molar-refractivity contribution < 1.29 is 9.59 Å². The van der Waals surface area contributed by atoms with E-state index >= 15 is 0 Å². The lowest BCUT2D eigenvalue weighted by molar-refractivity contribution is -0.120. The predicted molar refractivity (Wildman–Crippen MR) is 48.6 cm³/mol. The summed E-state index contributed by atoms with van der Waals surface area (Å²) in [5.41, 5.74) is 0.182. The third-order valence-electron chi connectivity index (χ3n) is 1.71. The third kappa shape index (κ3) is 2.65. The minimum Gasteiger partial charge on any atom is -0.343 e. The first-order valence-corrected chi connectivity index (χ1v) is 4.28. The van der Waals surface area contributed by atoms with E-state index in [2.05, 4.69) is 20.7 Å². The molecule has 1 rings (SSSR count). The van der Waals surface area contributed by atoms with Gasteiger partial charge in [-0.3, -0.25) is 9.59 Å². The van der Waals surface area contributed by atoms with Crippen LogP contribution < -0.4 is 5.32 Å². The van der Waals surface area contributed by atoms with Gasteiger partial charge in [-0.2, -0.15) is 15.4 Å². The van der Waals surface area contributed by atoms with E-state index in [1.165, 1.54) is 6.20 Å². The fourth-order valence-electron chi connectivity index (χ4n) is 0.773. The third-order valence-corrected chi connectivity index (χ3v) is 1.71. The smallest absolute Gasteiger partial charge is 0.273 e. The molecule has 0 saturated carbocycles. The summed E-state index contributed by atoms with van der Waals surface area (Å²) in [5.74, 6) is -0.484. The second-order valence-electron chi connectivity index (χ2n) is 3.16. The summed E-state index contributed by atoms with van der Waals surface area (Å²) in [5, 5.41) is 11.8. The van der Waals surface area contributed by atoms with Gasteiger partial charge >= 0.3 is 0 Å². The molecular weight excluding hydrogens is 184 g/mol. The van der Waals surface area contributed by atoms with Crippen LogP contribution in [0.25, 0.3) is 0 Å². The highest BCUT2D eigenvalue weighted by Crippen LogP contribution is 1.93. The van der Waals surface area contributed by atoms with Crippen LogP contribution >= 0.6 is 0 Å². The van der Waals surface area contributed by atoms with Gasteiger partial charge < -0.3 is 5.32 Å². The maximum absolute atomic E-state index is 11.2. The molecule has 76 valence electrons. The van der Waals surface area contributed by atoms with E-state index < -0.39 is 5.91 Å². The Balaban J connectivity index is 2.40. The van der Waals surface area contributed by atoms with Crippen LogP contribution in [0.1, 0.15) is 24.3 Å². The van der Waals surface area contributed by atoms with Gasteiger partial charge in [0.25, 0.3) is 5.91 Å².